The summed E-state index contributed by atoms with van der Waals surface area (Å²) in [6.07, 6.45) is 5.85. The molecule has 2 heterocycles. The Labute approximate surface area is 252 Å². The predicted octanol–water partition coefficient (Wildman–Crippen LogP) is 7.42. The van der Waals surface area contributed by atoms with Crippen LogP contribution in [0, 0.1) is 0 Å². The molecule has 3 aromatic carbocycles. The van der Waals surface area contributed by atoms with Crippen molar-refractivity contribution >= 4 is 63.5 Å². The first-order valence-corrected chi connectivity index (χ1v) is 15.7. The number of nitrogens with zero attached hydrogens (tertiary/aromatic N) is 1. The lowest BCUT2D eigenvalue weighted by atomic mass is 9.96. The van der Waals surface area contributed by atoms with Crippen LogP contribution in [0.15, 0.2) is 107 Å². The first-order chi connectivity index (χ1) is 20.6. The van der Waals surface area contributed by atoms with Crippen LogP contribution in [0.4, 0.5) is 5.69 Å². The molecular formula is C34H29N3O3S2. The van der Waals surface area contributed by atoms with Crippen molar-refractivity contribution in [2.24, 2.45) is 0 Å². The van der Waals surface area contributed by atoms with Gasteiger partial charge >= 0.3 is 0 Å². The third-order valence-electron chi connectivity index (χ3n) is 7.24. The molecule has 6 rings (SSSR count). The molecule has 0 saturated heterocycles. The topological polar surface area (TPSA) is 80.2 Å². The number of anilines is 1. The van der Waals surface area contributed by atoms with Crippen molar-refractivity contribution in [3.05, 3.63) is 124 Å². The second-order valence-corrected chi connectivity index (χ2v) is 12.1. The number of benzene rings is 3. The number of aryl methyl sites for hydroxylation is 1. The Bertz CT molecular complexity index is 1790. The molecule has 42 heavy (non-hydrogen) atoms. The average molecular weight is 592 g/mol. The second-order valence-electron chi connectivity index (χ2n) is 10.0. The average Bonchev–Trinajstić information content (AvgIpc) is 3.66. The first-order valence-electron chi connectivity index (χ1n) is 13.9. The zero-order valence-electron chi connectivity index (χ0n) is 22.8. The molecule has 5 aromatic rings. The Kier molecular flexibility index (Phi) is 8.35. The van der Waals surface area contributed by atoms with Gasteiger partial charge in [-0.05, 0) is 85.2 Å². The van der Waals surface area contributed by atoms with Crippen molar-refractivity contribution in [2.75, 3.05) is 11.1 Å². The van der Waals surface area contributed by atoms with Gasteiger partial charge < -0.3 is 10.6 Å². The molecule has 0 fully saturated rings. The van der Waals surface area contributed by atoms with Crippen LogP contribution >= 0.6 is 23.1 Å². The van der Waals surface area contributed by atoms with Crippen LogP contribution in [0.1, 0.15) is 44.1 Å². The van der Waals surface area contributed by atoms with Crippen molar-refractivity contribution in [1.82, 2.24) is 9.88 Å². The molecule has 0 saturated carbocycles. The summed E-state index contributed by atoms with van der Waals surface area (Å²) >= 11 is 2.92. The van der Waals surface area contributed by atoms with Crippen LogP contribution in [-0.2, 0) is 17.6 Å². The normalized spacial score (nSPS) is 13.0. The number of aromatic nitrogens is 1. The van der Waals surface area contributed by atoms with E-state index in [0.717, 1.165) is 46.7 Å². The smallest absolute Gasteiger partial charge is 0.272 e. The van der Waals surface area contributed by atoms with E-state index in [4.69, 9.17) is 0 Å². The Morgan fingerprint density at radius 3 is 2.52 bits per heavy atom. The summed E-state index contributed by atoms with van der Waals surface area (Å²) < 4.78 is 1.92. The van der Waals surface area contributed by atoms with E-state index in [-0.39, 0.29) is 23.3 Å². The van der Waals surface area contributed by atoms with Crippen LogP contribution in [0.3, 0.4) is 0 Å². The number of amides is 2. The number of fused-ring (bicyclic) bond motifs is 3. The highest BCUT2D eigenvalue weighted by Crippen LogP contribution is 2.33. The molecule has 2 N–H and O–H groups in total. The molecule has 1 aliphatic carbocycles. The summed E-state index contributed by atoms with van der Waals surface area (Å²) in [5.74, 6) is -0.467. The van der Waals surface area contributed by atoms with E-state index in [9.17, 15) is 14.4 Å². The van der Waals surface area contributed by atoms with Gasteiger partial charge in [-0.2, -0.15) is 0 Å². The summed E-state index contributed by atoms with van der Waals surface area (Å²) in [6, 6.07) is 28.1. The van der Waals surface area contributed by atoms with Gasteiger partial charge in [-0.3, -0.25) is 19.0 Å². The summed E-state index contributed by atoms with van der Waals surface area (Å²) in [6.45, 7) is 0. The van der Waals surface area contributed by atoms with Crippen LogP contribution in [0.2, 0.25) is 0 Å². The molecule has 6 nitrogen and oxygen atoms in total. The molecule has 8 heteroatoms. The fraction of sp³-hybridized carbons (Fsp3) is 0.147. The fourth-order valence-corrected chi connectivity index (χ4v) is 6.77. The maximum atomic E-state index is 13.5. The van der Waals surface area contributed by atoms with Gasteiger partial charge in [-0.15, -0.1) is 23.1 Å². The number of nitrogens with one attached hydrogen (secondary N) is 2. The number of hydrogen-bond acceptors (Lipinski definition) is 5. The standard InChI is InChI=1S/C34H29N3O3S2/c38-32(37-30-17-6-4-15-27(30)28-16-5-7-18-31(28)37)22-42-25-13-8-12-24(20-25)35-34(40)29(21-26-14-9-19-41-26)36-33(39)23-10-2-1-3-11-23/h1-4,6,8-15,17,19-21H,5,7,16,18,22H2,(H,35,40)(H,36,39)/b29-21-. The third kappa shape index (κ3) is 6.10. The van der Waals surface area contributed by atoms with Gasteiger partial charge in [-0.25, -0.2) is 0 Å². The highest BCUT2D eigenvalue weighted by atomic mass is 32.2. The summed E-state index contributed by atoms with van der Waals surface area (Å²) in [4.78, 5) is 41.4. The minimum Gasteiger partial charge on any atom is -0.321 e. The van der Waals surface area contributed by atoms with E-state index in [1.165, 1.54) is 34.0 Å². The van der Waals surface area contributed by atoms with Crippen molar-refractivity contribution in [3.8, 4) is 0 Å². The quantitative estimate of drug-likeness (QED) is 0.145. The lowest BCUT2D eigenvalue weighted by Gasteiger charge is -2.15. The van der Waals surface area contributed by atoms with Gasteiger partial charge in [0.25, 0.3) is 11.8 Å². The van der Waals surface area contributed by atoms with E-state index in [1.54, 1.807) is 36.4 Å². The maximum absolute atomic E-state index is 13.5. The molecule has 0 radical (unpaired) electrons. The lowest BCUT2D eigenvalue weighted by Crippen LogP contribution is -2.30. The lowest BCUT2D eigenvalue weighted by molar-refractivity contribution is -0.113. The first kappa shape index (κ1) is 27.8. The molecule has 0 atom stereocenters. The van der Waals surface area contributed by atoms with Gasteiger partial charge in [0.15, 0.2) is 0 Å². The molecule has 2 aromatic heterocycles. The van der Waals surface area contributed by atoms with E-state index < -0.39 is 5.91 Å². The molecular weight excluding hydrogens is 563 g/mol. The second kappa shape index (κ2) is 12.6. The monoisotopic (exact) mass is 591 g/mol. The van der Waals surface area contributed by atoms with E-state index in [0.29, 0.717) is 11.3 Å². The summed E-state index contributed by atoms with van der Waals surface area (Å²) in [5.41, 5.74) is 4.62. The Hall–Kier alpha value is -4.40. The van der Waals surface area contributed by atoms with E-state index in [2.05, 4.69) is 16.7 Å². The number of thioether (sulfide) groups is 1. The van der Waals surface area contributed by atoms with Crippen molar-refractivity contribution in [3.63, 3.8) is 0 Å². The Morgan fingerprint density at radius 1 is 0.881 bits per heavy atom. The van der Waals surface area contributed by atoms with Crippen LogP contribution in [0.5, 0.6) is 0 Å². The van der Waals surface area contributed by atoms with Crippen molar-refractivity contribution < 1.29 is 14.4 Å². The molecule has 2 amide bonds. The van der Waals surface area contributed by atoms with Gasteiger partial charge in [0.05, 0.1) is 11.3 Å². The number of thiophene rings is 1. The Morgan fingerprint density at radius 2 is 1.69 bits per heavy atom. The minimum absolute atomic E-state index is 0.0542. The summed E-state index contributed by atoms with van der Waals surface area (Å²) in [5, 5.41) is 8.77. The number of carbonyl (C=O) groups is 3. The highest BCUT2D eigenvalue weighted by molar-refractivity contribution is 8.00. The number of para-hydroxylation sites is 1. The minimum atomic E-state index is -0.434. The fourth-order valence-electron chi connectivity index (χ4n) is 5.31. The molecule has 0 unspecified atom stereocenters. The highest BCUT2D eigenvalue weighted by Gasteiger charge is 2.23. The molecule has 0 bridgehead atoms. The zero-order chi connectivity index (χ0) is 28.9. The number of carbonyl (C=O) groups excluding carboxylic acids is 3. The van der Waals surface area contributed by atoms with Crippen LogP contribution in [0.25, 0.3) is 17.0 Å². The van der Waals surface area contributed by atoms with Gasteiger partial charge in [0.2, 0.25) is 5.91 Å². The van der Waals surface area contributed by atoms with Crippen molar-refractivity contribution in [1.29, 1.82) is 0 Å². The number of hydrogen-bond donors (Lipinski definition) is 2. The molecule has 1 aliphatic rings. The van der Waals surface area contributed by atoms with Gasteiger partial charge in [-0.1, -0.05) is 48.5 Å². The molecule has 0 spiro atoms. The molecule has 0 aliphatic heterocycles. The predicted molar refractivity (Wildman–Crippen MR) is 171 cm³/mol. The van der Waals surface area contributed by atoms with Crippen LogP contribution < -0.4 is 10.6 Å². The van der Waals surface area contributed by atoms with Gasteiger partial charge in [0.1, 0.15) is 5.70 Å². The SMILES string of the molecule is O=C(Nc1cccc(SCC(=O)n2c3c(c4ccccc42)CCCC3)c1)/C(=C/c1cccs1)NC(=O)c1ccccc1. The van der Waals surface area contributed by atoms with Crippen LogP contribution in [-0.4, -0.2) is 28.0 Å². The van der Waals surface area contributed by atoms with Crippen molar-refractivity contribution in [2.45, 2.75) is 30.6 Å². The largest absolute Gasteiger partial charge is 0.321 e. The van der Waals surface area contributed by atoms with E-state index in [1.807, 2.05) is 64.5 Å². The number of rotatable bonds is 8. The third-order valence-corrected chi connectivity index (χ3v) is 9.04. The Balaban J connectivity index is 1.17. The van der Waals surface area contributed by atoms with E-state index >= 15 is 0 Å². The molecule has 210 valence electrons. The summed E-state index contributed by atoms with van der Waals surface area (Å²) in [7, 11) is 0. The van der Waals surface area contributed by atoms with Gasteiger partial charge in [0, 0.05) is 32.1 Å². The zero-order valence-corrected chi connectivity index (χ0v) is 24.5. The maximum Gasteiger partial charge on any atom is 0.272 e.